The summed E-state index contributed by atoms with van der Waals surface area (Å²) in [6, 6.07) is 0. The van der Waals surface area contributed by atoms with Gasteiger partial charge in [-0.1, -0.05) is 41.5 Å². The molecule has 5 nitrogen and oxygen atoms in total. The summed E-state index contributed by atoms with van der Waals surface area (Å²) in [6.45, 7) is 12.9. The van der Waals surface area contributed by atoms with Crippen molar-refractivity contribution in [1.29, 1.82) is 0 Å². The van der Waals surface area contributed by atoms with Crippen LogP contribution in [-0.2, 0) is 4.79 Å². The summed E-state index contributed by atoms with van der Waals surface area (Å²) in [5.74, 6) is 2.05. The second-order valence-electron chi connectivity index (χ2n) is 13.4. The van der Waals surface area contributed by atoms with Gasteiger partial charge in [-0.3, -0.25) is 4.79 Å². The lowest BCUT2D eigenvalue weighted by Crippen LogP contribution is -2.59. The molecule has 5 heteroatoms. The number of aliphatic hydroxyl groups excluding tert-OH is 4. The molecule has 4 fully saturated rings. The molecule has 0 aromatic heterocycles. The van der Waals surface area contributed by atoms with Crippen LogP contribution in [0, 0.1) is 58.2 Å². The zero-order valence-electron chi connectivity index (χ0n) is 21.6. The van der Waals surface area contributed by atoms with E-state index in [1.165, 1.54) is 0 Å². The number of ketones is 1. The molecule has 33 heavy (non-hydrogen) atoms. The lowest BCUT2D eigenvalue weighted by molar-refractivity contribution is -0.175. The molecule has 0 aromatic carbocycles. The largest absolute Gasteiger partial charge is 0.390 e. The molecular formula is C28H48O5. The van der Waals surface area contributed by atoms with E-state index in [4.69, 9.17) is 0 Å². The molecule has 4 aliphatic carbocycles. The molecule has 4 aliphatic rings. The van der Waals surface area contributed by atoms with E-state index in [1.807, 2.05) is 6.92 Å². The molecule has 4 N–H and O–H groups in total. The number of carbonyl (C=O) groups excluding carboxylic acids is 1. The third-order valence-corrected chi connectivity index (χ3v) is 11.7. The minimum Gasteiger partial charge on any atom is -0.390 e. The molecule has 0 saturated heterocycles. The van der Waals surface area contributed by atoms with E-state index in [0.29, 0.717) is 48.9 Å². The summed E-state index contributed by atoms with van der Waals surface area (Å²) in [6.07, 6.45) is 2.80. The highest BCUT2D eigenvalue weighted by Crippen LogP contribution is 2.67. The van der Waals surface area contributed by atoms with E-state index in [1.54, 1.807) is 0 Å². The van der Waals surface area contributed by atoms with Crippen LogP contribution >= 0.6 is 0 Å². The summed E-state index contributed by atoms with van der Waals surface area (Å²) in [5, 5.41) is 42.8. The van der Waals surface area contributed by atoms with Crippen LogP contribution in [0.25, 0.3) is 0 Å². The van der Waals surface area contributed by atoms with Gasteiger partial charge in [-0.15, -0.1) is 0 Å². The Balaban J connectivity index is 1.56. The highest BCUT2D eigenvalue weighted by molar-refractivity contribution is 5.83. The molecule has 0 heterocycles. The lowest BCUT2D eigenvalue weighted by Gasteiger charge is -2.61. The third kappa shape index (κ3) is 3.93. The molecule has 190 valence electrons. The Morgan fingerprint density at radius 3 is 2.15 bits per heavy atom. The third-order valence-electron chi connectivity index (χ3n) is 11.7. The zero-order valence-corrected chi connectivity index (χ0v) is 21.6. The zero-order chi connectivity index (χ0) is 24.5. The van der Waals surface area contributed by atoms with Crippen LogP contribution in [0.1, 0.15) is 86.5 Å². The van der Waals surface area contributed by atoms with Crippen molar-refractivity contribution in [2.45, 2.75) is 111 Å². The van der Waals surface area contributed by atoms with E-state index in [9.17, 15) is 25.2 Å². The first-order valence-corrected chi connectivity index (χ1v) is 13.6. The Bertz CT molecular complexity index is 738. The van der Waals surface area contributed by atoms with Gasteiger partial charge in [0.05, 0.1) is 24.4 Å². The minimum absolute atomic E-state index is 0.0158. The summed E-state index contributed by atoms with van der Waals surface area (Å²) in [7, 11) is 0. The fourth-order valence-corrected chi connectivity index (χ4v) is 9.23. The van der Waals surface area contributed by atoms with E-state index in [2.05, 4.69) is 34.6 Å². The number of aliphatic hydroxyl groups is 4. The molecule has 13 atom stereocenters. The summed E-state index contributed by atoms with van der Waals surface area (Å²) < 4.78 is 0. The summed E-state index contributed by atoms with van der Waals surface area (Å²) in [4.78, 5) is 13.3. The SMILES string of the molecule is CC(C)C(C)C(O)C(O)[C@@H](C)[C@H]1CC[C@H]2[C@@H]3CC(=O)[C@H]4C[C@H](O)[C@H](O)C[C@]4(C)[C@H]3CC[C@]12C. The first-order valence-electron chi connectivity index (χ1n) is 13.6. The molecule has 0 bridgehead atoms. The summed E-state index contributed by atoms with van der Waals surface area (Å²) in [5.41, 5.74) is -0.162. The van der Waals surface area contributed by atoms with Gasteiger partial charge >= 0.3 is 0 Å². The number of Topliss-reactive ketones (excluding diaryl/α,β-unsaturated/α-hetero) is 1. The van der Waals surface area contributed by atoms with Gasteiger partial charge in [0.1, 0.15) is 5.78 Å². The van der Waals surface area contributed by atoms with Crippen molar-refractivity contribution in [3.8, 4) is 0 Å². The van der Waals surface area contributed by atoms with E-state index >= 15 is 0 Å². The molecule has 0 aromatic rings. The standard InChI is InChI=1S/C28H48O5/c1-14(2)15(3)25(32)26(33)16(4)18-7-8-19-17-11-22(29)21-12-23(30)24(31)13-28(21,6)20(17)9-10-27(18,19)5/h14-21,23-26,30-33H,7-13H2,1-6H3/t15?,16-,17-,18+,19-,20-,21+,23-,24+,25?,26?,27+,28+/m0/s1. The van der Waals surface area contributed by atoms with Crippen LogP contribution in [-0.4, -0.2) is 50.6 Å². The van der Waals surface area contributed by atoms with Crippen LogP contribution in [0.2, 0.25) is 0 Å². The van der Waals surface area contributed by atoms with Gasteiger partial charge in [-0.2, -0.15) is 0 Å². The Morgan fingerprint density at radius 2 is 1.52 bits per heavy atom. The molecule has 4 rings (SSSR count). The topological polar surface area (TPSA) is 98.0 Å². The predicted molar refractivity (Wildman–Crippen MR) is 128 cm³/mol. The maximum Gasteiger partial charge on any atom is 0.136 e. The minimum atomic E-state index is -0.782. The van der Waals surface area contributed by atoms with E-state index < -0.39 is 24.4 Å². The monoisotopic (exact) mass is 464 g/mol. The Labute approximate surface area is 200 Å². The maximum atomic E-state index is 13.3. The van der Waals surface area contributed by atoms with E-state index in [0.717, 1.165) is 25.7 Å². The Kier molecular flexibility index (Phi) is 6.88. The van der Waals surface area contributed by atoms with Gasteiger partial charge in [-0.05, 0) is 90.8 Å². The lowest BCUT2D eigenvalue weighted by atomic mass is 9.44. The van der Waals surface area contributed by atoms with Gasteiger partial charge in [0.15, 0.2) is 0 Å². The molecule has 0 spiro atoms. The highest BCUT2D eigenvalue weighted by Gasteiger charge is 2.63. The van der Waals surface area contributed by atoms with Gasteiger partial charge < -0.3 is 20.4 Å². The fourth-order valence-electron chi connectivity index (χ4n) is 9.23. The number of fused-ring (bicyclic) bond motifs is 5. The summed E-state index contributed by atoms with van der Waals surface area (Å²) >= 11 is 0. The number of rotatable bonds is 5. The van der Waals surface area contributed by atoms with Crippen LogP contribution in [0.5, 0.6) is 0 Å². The first kappa shape index (κ1) is 25.6. The van der Waals surface area contributed by atoms with E-state index in [-0.39, 0.29) is 34.4 Å². The predicted octanol–water partition coefficient (Wildman–Crippen LogP) is 3.81. The molecule has 0 radical (unpaired) electrons. The van der Waals surface area contributed by atoms with Crippen LogP contribution in [0.3, 0.4) is 0 Å². The van der Waals surface area contributed by atoms with Gasteiger partial charge in [-0.25, -0.2) is 0 Å². The molecule has 4 saturated carbocycles. The van der Waals surface area contributed by atoms with Crippen molar-refractivity contribution >= 4 is 5.78 Å². The second-order valence-corrected chi connectivity index (χ2v) is 13.4. The van der Waals surface area contributed by atoms with Crippen molar-refractivity contribution in [3.05, 3.63) is 0 Å². The second kappa shape index (κ2) is 8.87. The van der Waals surface area contributed by atoms with Crippen molar-refractivity contribution in [2.75, 3.05) is 0 Å². The average molecular weight is 465 g/mol. The maximum absolute atomic E-state index is 13.3. The molecule has 0 amide bonds. The number of carbonyl (C=O) groups is 1. The van der Waals surface area contributed by atoms with Crippen LogP contribution in [0.4, 0.5) is 0 Å². The average Bonchev–Trinajstić information content (AvgIpc) is 3.10. The van der Waals surface area contributed by atoms with Gasteiger partial charge in [0, 0.05) is 12.3 Å². The quantitative estimate of drug-likeness (QED) is 0.496. The van der Waals surface area contributed by atoms with Gasteiger partial charge in [0.2, 0.25) is 0 Å². The number of hydrogen-bond acceptors (Lipinski definition) is 5. The molecule has 0 aliphatic heterocycles. The normalized spacial score (nSPS) is 49.1. The number of hydrogen-bond donors (Lipinski definition) is 4. The van der Waals surface area contributed by atoms with Crippen molar-refractivity contribution in [3.63, 3.8) is 0 Å². The molecule has 3 unspecified atom stereocenters. The smallest absolute Gasteiger partial charge is 0.136 e. The van der Waals surface area contributed by atoms with Crippen LogP contribution in [0.15, 0.2) is 0 Å². The molecular weight excluding hydrogens is 416 g/mol. The van der Waals surface area contributed by atoms with Crippen molar-refractivity contribution < 1.29 is 25.2 Å². The van der Waals surface area contributed by atoms with Crippen molar-refractivity contribution in [2.24, 2.45) is 58.2 Å². The highest BCUT2D eigenvalue weighted by atomic mass is 16.3. The Morgan fingerprint density at radius 1 is 0.879 bits per heavy atom. The fraction of sp³-hybridized carbons (Fsp3) is 0.964. The van der Waals surface area contributed by atoms with Crippen LogP contribution < -0.4 is 0 Å². The first-order chi connectivity index (χ1) is 15.3. The Hall–Kier alpha value is -0.490. The van der Waals surface area contributed by atoms with Gasteiger partial charge in [0.25, 0.3) is 0 Å². The van der Waals surface area contributed by atoms with Crippen molar-refractivity contribution in [1.82, 2.24) is 0 Å².